The van der Waals surface area contributed by atoms with Crippen molar-refractivity contribution < 1.29 is 12.8 Å². The molecule has 1 heterocycles. The van der Waals surface area contributed by atoms with E-state index < -0.39 is 9.84 Å². The van der Waals surface area contributed by atoms with E-state index in [1.54, 1.807) is 18.2 Å². The molecule has 2 aliphatic rings. The van der Waals surface area contributed by atoms with Crippen LogP contribution in [0.2, 0.25) is 15.1 Å². The van der Waals surface area contributed by atoms with Crippen molar-refractivity contribution in [1.29, 1.82) is 0 Å². The molecule has 37 heavy (non-hydrogen) atoms. The van der Waals surface area contributed by atoms with Crippen molar-refractivity contribution in [3.05, 3.63) is 98.7 Å². The third-order valence-corrected chi connectivity index (χ3v) is 10.4. The summed E-state index contributed by atoms with van der Waals surface area (Å²) in [5.41, 5.74) is 2.83. The maximum Gasteiger partial charge on any atom is 0.153 e. The van der Waals surface area contributed by atoms with Crippen LogP contribution in [0.5, 0.6) is 0 Å². The number of nitrogens with zero attached hydrogens (tertiary/aromatic N) is 2. The quantitative estimate of drug-likeness (QED) is 0.287. The smallest absolute Gasteiger partial charge is 0.153 e. The third kappa shape index (κ3) is 6.43. The summed E-state index contributed by atoms with van der Waals surface area (Å²) >= 11 is 18.9. The van der Waals surface area contributed by atoms with E-state index in [4.69, 9.17) is 34.8 Å². The molecular weight excluding hydrogens is 554 g/mol. The summed E-state index contributed by atoms with van der Waals surface area (Å²) in [6.07, 6.45) is 1.47. The van der Waals surface area contributed by atoms with Gasteiger partial charge in [0.05, 0.1) is 27.8 Å². The number of sulfone groups is 1. The Labute approximate surface area is 232 Å². The zero-order valence-corrected chi connectivity index (χ0v) is 23.2. The van der Waals surface area contributed by atoms with Crippen molar-refractivity contribution >= 4 is 50.3 Å². The van der Waals surface area contributed by atoms with Crippen molar-refractivity contribution in [2.75, 3.05) is 36.8 Å². The maximum absolute atomic E-state index is 13.7. The Morgan fingerprint density at radius 1 is 0.892 bits per heavy atom. The van der Waals surface area contributed by atoms with Gasteiger partial charge in [-0.2, -0.15) is 0 Å². The molecule has 1 aliphatic heterocycles. The maximum atomic E-state index is 13.7. The molecule has 1 saturated heterocycles. The normalized spacial score (nSPS) is 19.7. The van der Waals surface area contributed by atoms with Crippen LogP contribution in [0, 0.1) is 5.82 Å². The summed E-state index contributed by atoms with van der Waals surface area (Å²) < 4.78 is 39.6. The van der Waals surface area contributed by atoms with Gasteiger partial charge in [-0.1, -0.05) is 59.1 Å². The van der Waals surface area contributed by atoms with Crippen LogP contribution in [-0.2, 0) is 9.84 Å². The highest BCUT2D eigenvalue weighted by atomic mass is 35.5. The fourth-order valence-electron chi connectivity index (χ4n) is 5.12. The number of piperazine rings is 1. The predicted molar refractivity (Wildman–Crippen MR) is 150 cm³/mol. The van der Waals surface area contributed by atoms with Crippen LogP contribution in [0.15, 0.2) is 66.7 Å². The van der Waals surface area contributed by atoms with E-state index in [2.05, 4.69) is 9.80 Å². The van der Waals surface area contributed by atoms with Crippen LogP contribution in [0.4, 0.5) is 10.1 Å². The highest BCUT2D eigenvalue weighted by Gasteiger charge is 2.38. The number of halogens is 4. The number of benzene rings is 3. The summed E-state index contributed by atoms with van der Waals surface area (Å²) in [7, 11) is -3.20. The van der Waals surface area contributed by atoms with Gasteiger partial charge in [0.2, 0.25) is 0 Å². The highest BCUT2D eigenvalue weighted by molar-refractivity contribution is 7.92. The zero-order chi connectivity index (χ0) is 26.2. The molecule has 196 valence electrons. The summed E-state index contributed by atoms with van der Waals surface area (Å²) in [6, 6.07) is 19.5. The molecule has 1 saturated carbocycles. The molecule has 2 atom stereocenters. The molecule has 3 aromatic carbocycles. The molecule has 0 amide bonds. The second-order valence-electron chi connectivity index (χ2n) is 9.89. The van der Waals surface area contributed by atoms with E-state index in [1.807, 2.05) is 36.4 Å². The summed E-state index contributed by atoms with van der Waals surface area (Å²) in [5, 5.41) is 1.59. The van der Waals surface area contributed by atoms with Crippen LogP contribution in [-0.4, -0.2) is 50.5 Å². The number of hydrogen-bond acceptors (Lipinski definition) is 4. The highest BCUT2D eigenvalue weighted by Crippen LogP contribution is 2.38. The van der Waals surface area contributed by atoms with E-state index >= 15 is 0 Å². The summed E-state index contributed by atoms with van der Waals surface area (Å²) in [4.78, 5) is 4.57. The third-order valence-electron chi connectivity index (χ3n) is 7.22. The van der Waals surface area contributed by atoms with Crippen molar-refractivity contribution in [3.8, 4) is 0 Å². The lowest BCUT2D eigenvalue weighted by molar-refractivity contribution is 0.214. The van der Waals surface area contributed by atoms with Gasteiger partial charge in [0.25, 0.3) is 0 Å². The number of anilines is 1. The number of hydrogen-bond donors (Lipinski definition) is 0. The first-order valence-electron chi connectivity index (χ1n) is 12.4. The molecule has 0 spiro atoms. The molecule has 2 fully saturated rings. The second kappa shape index (κ2) is 11.1. The first-order valence-corrected chi connectivity index (χ1v) is 15.2. The topological polar surface area (TPSA) is 40.6 Å². The summed E-state index contributed by atoms with van der Waals surface area (Å²) in [6.45, 7) is 2.65. The molecule has 0 unspecified atom stereocenters. The van der Waals surface area contributed by atoms with Gasteiger partial charge in [0, 0.05) is 42.1 Å². The molecule has 3 aromatic rings. The standard InChI is InChI=1S/C28H28Cl3FN2O2S/c29-22-5-1-20(2-6-22)28-17-33(13-14-34(28)27-12-7-23(30)15-26(27)31)16-21(18-37(35,36)25-10-11-25)19-3-8-24(32)9-4-19/h1-9,12,15,21,25,28H,10-11,13-14,16-18H2/t21-,28-/m0/s1. The van der Waals surface area contributed by atoms with Crippen LogP contribution < -0.4 is 4.90 Å². The van der Waals surface area contributed by atoms with E-state index in [1.165, 1.54) is 12.1 Å². The molecular formula is C28H28Cl3FN2O2S. The first kappa shape index (κ1) is 26.8. The minimum absolute atomic E-state index is 0.0291. The van der Waals surface area contributed by atoms with Gasteiger partial charge in [-0.05, 0) is 66.4 Å². The van der Waals surface area contributed by atoms with Gasteiger partial charge >= 0.3 is 0 Å². The lowest BCUT2D eigenvalue weighted by atomic mass is 9.97. The molecule has 0 bridgehead atoms. The lowest BCUT2D eigenvalue weighted by Crippen LogP contribution is -2.50. The molecule has 0 aromatic heterocycles. The van der Waals surface area contributed by atoms with Gasteiger partial charge in [-0.25, -0.2) is 12.8 Å². The van der Waals surface area contributed by atoms with Crippen LogP contribution in [0.3, 0.4) is 0 Å². The fourth-order valence-corrected chi connectivity index (χ4v) is 7.75. The second-order valence-corrected chi connectivity index (χ2v) is 13.5. The van der Waals surface area contributed by atoms with Crippen LogP contribution in [0.25, 0.3) is 0 Å². The molecule has 0 N–H and O–H groups in total. The van der Waals surface area contributed by atoms with Gasteiger partial charge in [-0.15, -0.1) is 0 Å². The van der Waals surface area contributed by atoms with Crippen LogP contribution in [0.1, 0.15) is 35.9 Å². The van der Waals surface area contributed by atoms with Crippen molar-refractivity contribution in [2.45, 2.75) is 30.1 Å². The van der Waals surface area contributed by atoms with Crippen molar-refractivity contribution in [3.63, 3.8) is 0 Å². The Morgan fingerprint density at radius 3 is 2.22 bits per heavy atom. The number of rotatable bonds is 8. The Hall–Kier alpha value is -1.83. The molecule has 0 radical (unpaired) electrons. The van der Waals surface area contributed by atoms with E-state index in [9.17, 15) is 12.8 Å². The lowest BCUT2D eigenvalue weighted by Gasteiger charge is -2.44. The van der Waals surface area contributed by atoms with E-state index in [0.717, 1.165) is 36.2 Å². The van der Waals surface area contributed by atoms with Gasteiger partial charge in [-0.3, -0.25) is 4.90 Å². The van der Waals surface area contributed by atoms with Gasteiger partial charge < -0.3 is 4.90 Å². The molecule has 4 nitrogen and oxygen atoms in total. The van der Waals surface area contributed by atoms with Crippen LogP contribution >= 0.6 is 34.8 Å². The van der Waals surface area contributed by atoms with Crippen molar-refractivity contribution in [2.24, 2.45) is 0 Å². The fraction of sp³-hybridized carbons (Fsp3) is 0.357. The minimum Gasteiger partial charge on any atom is -0.361 e. The Bertz CT molecular complexity index is 1350. The van der Waals surface area contributed by atoms with Crippen molar-refractivity contribution in [1.82, 2.24) is 4.90 Å². The zero-order valence-electron chi connectivity index (χ0n) is 20.2. The Balaban J connectivity index is 1.43. The average Bonchev–Trinajstić information content (AvgIpc) is 3.71. The van der Waals surface area contributed by atoms with Gasteiger partial charge in [0.1, 0.15) is 5.82 Å². The molecule has 5 rings (SSSR count). The van der Waals surface area contributed by atoms with Gasteiger partial charge in [0.15, 0.2) is 9.84 Å². The average molecular weight is 582 g/mol. The SMILES string of the molecule is O=S(=O)(C[C@H](CN1CCN(c2ccc(Cl)cc2Cl)[C@H](c2ccc(Cl)cc2)C1)c1ccc(F)cc1)C1CC1. The Kier molecular flexibility index (Phi) is 8.04. The Morgan fingerprint density at radius 2 is 1.57 bits per heavy atom. The first-order chi connectivity index (χ1) is 17.7. The predicted octanol–water partition coefficient (Wildman–Crippen LogP) is 7.01. The molecule has 9 heteroatoms. The van der Waals surface area contributed by atoms with E-state index in [0.29, 0.717) is 34.7 Å². The molecule has 1 aliphatic carbocycles. The van der Waals surface area contributed by atoms with E-state index in [-0.39, 0.29) is 28.8 Å². The minimum atomic E-state index is -3.20. The monoisotopic (exact) mass is 580 g/mol. The summed E-state index contributed by atoms with van der Waals surface area (Å²) in [5.74, 6) is -0.510. The largest absolute Gasteiger partial charge is 0.361 e.